The molecule has 0 unspecified atom stereocenters. The second-order valence-corrected chi connectivity index (χ2v) is 2.88. The van der Waals surface area contributed by atoms with Gasteiger partial charge >= 0.3 is 0 Å². The van der Waals surface area contributed by atoms with Crippen LogP contribution in [0.25, 0.3) is 0 Å². The quantitative estimate of drug-likeness (QED) is 0.459. The summed E-state index contributed by atoms with van der Waals surface area (Å²) in [6, 6.07) is 0. The lowest BCUT2D eigenvalue weighted by Crippen LogP contribution is -2.23. The second-order valence-electron chi connectivity index (χ2n) is 2.88. The highest BCUT2D eigenvalue weighted by atomic mass is 16.1. The number of amides is 1. The Morgan fingerprint density at radius 3 is 2.83 bits per heavy atom. The zero-order chi connectivity index (χ0) is 9.23. The number of hydrogen-bond donors (Lipinski definition) is 1. The van der Waals surface area contributed by atoms with Crippen molar-refractivity contribution < 1.29 is 4.79 Å². The van der Waals surface area contributed by atoms with Crippen molar-refractivity contribution in [2.75, 3.05) is 6.54 Å². The molecule has 0 bridgehead atoms. The van der Waals surface area contributed by atoms with Gasteiger partial charge in [-0.05, 0) is 12.8 Å². The Morgan fingerprint density at radius 2 is 2.25 bits per heavy atom. The summed E-state index contributed by atoms with van der Waals surface area (Å²) in [5, 5.41) is 2.83. The van der Waals surface area contributed by atoms with Gasteiger partial charge in [0.25, 0.3) is 0 Å². The molecule has 0 saturated carbocycles. The van der Waals surface area contributed by atoms with Gasteiger partial charge in [0.15, 0.2) is 0 Å². The van der Waals surface area contributed by atoms with Crippen LogP contribution >= 0.6 is 0 Å². The number of nitrogens with one attached hydrogen (secondary N) is 1. The maximum absolute atomic E-state index is 11.0. The Bertz CT molecular complexity index is 132. The van der Waals surface area contributed by atoms with E-state index in [1.54, 1.807) is 0 Å². The van der Waals surface area contributed by atoms with E-state index in [9.17, 15) is 4.79 Å². The zero-order valence-electron chi connectivity index (χ0n) is 7.94. The smallest absolute Gasteiger partial charge is 0.220 e. The largest absolute Gasteiger partial charge is 0.356 e. The third kappa shape index (κ3) is 7.32. The molecule has 0 fully saturated rings. The van der Waals surface area contributed by atoms with Gasteiger partial charge < -0.3 is 5.32 Å². The number of carbonyl (C=O) groups excluding carboxylic acids is 1. The fourth-order valence-electron chi connectivity index (χ4n) is 0.938. The molecule has 1 amide bonds. The van der Waals surface area contributed by atoms with E-state index in [4.69, 9.17) is 0 Å². The molecule has 0 aromatic rings. The van der Waals surface area contributed by atoms with Crippen molar-refractivity contribution in [3.63, 3.8) is 0 Å². The summed E-state index contributed by atoms with van der Waals surface area (Å²) in [6.45, 7) is 6.45. The summed E-state index contributed by atoms with van der Waals surface area (Å²) in [7, 11) is 0. The average Bonchev–Trinajstić information content (AvgIpc) is 2.06. The van der Waals surface area contributed by atoms with Crippen molar-refractivity contribution >= 4 is 5.91 Å². The fraction of sp³-hybridized carbons (Fsp3) is 0.700. The average molecular weight is 169 g/mol. The van der Waals surface area contributed by atoms with Crippen LogP contribution in [0.15, 0.2) is 12.7 Å². The summed E-state index contributed by atoms with van der Waals surface area (Å²) in [5.74, 6) is 0.172. The van der Waals surface area contributed by atoms with Gasteiger partial charge in [-0.2, -0.15) is 0 Å². The Balaban J connectivity index is 3.15. The van der Waals surface area contributed by atoms with Crippen LogP contribution in [0.5, 0.6) is 0 Å². The molecule has 0 heterocycles. The van der Waals surface area contributed by atoms with Crippen molar-refractivity contribution in [3.05, 3.63) is 12.7 Å². The monoisotopic (exact) mass is 169 g/mol. The predicted octanol–water partition coefficient (Wildman–Crippen LogP) is 2.26. The van der Waals surface area contributed by atoms with E-state index in [2.05, 4.69) is 18.8 Å². The van der Waals surface area contributed by atoms with Gasteiger partial charge in [-0.15, -0.1) is 6.58 Å². The van der Waals surface area contributed by atoms with Crippen LogP contribution in [0.1, 0.15) is 39.0 Å². The molecule has 1 N–H and O–H groups in total. The van der Waals surface area contributed by atoms with Crippen molar-refractivity contribution in [1.82, 2.24) is 5.32 Å². The minimum Gasteiger partial charge on any atom is -0.356 e. The van der Waals surface area contributed by atoms with Crippen molar-refractivity contribution in [1.29, 1.82) is 0 Å². The Labute approximate surface area is 75.0 Å². The Morgan fingerprint density at radius 1 is 1.50 bits per heavy atom. The van der Waals surface area contributed by atoms with E-state index in [-0.39, 0.29) is 5.91 Å². The topological polar surface area (TPSA) is 29.1 Å². The first kappa shape index (κ1) is 11.2. The van der Waals surface area contributed by atoms with E-state index in [0.717, 1.165) is 25.8 Å². The van der Waals surface area contributed by atoms with Crippen LogP contribution in [-0.4, -0.2) is 12.5 Å². The normalized spacial score (nSPS) is 9.42. The lowest BCUT2D eigenvalue weighted by molar-refractivity contribution is -0.121. The van der Waals surface area contributed by atoms with Crippen LogP contribution < -0.4 is 5.32 Å². The van der Waals surface area contributed by atoms with Gasteiger partial charge in [0, 0.05) is 13.0 Å². The minimum atomic E-state index is 0.172. The van der Waals surface area contributed by atoms with E-state index in [1.165, 1.54) is 6.42 Å². The van der Waals surface area contributed by atoms with Crippen molar-refractivity contribution in [3.8, 4) is 0 Å². The lowest BCUT2D eigenvalue weighted by atomic mass is 10.2. The molecule has 70 valence electrons. The van der Waals surface area contributed by atoms with E-state index in [0.29, 0.717) is 6.42 Å². The molecular weight excluding hydrogens is 150 g/mol. The zero-order valence-corrected chi connectivity index (χ0v) is 7.94. The van der Waals surface area contributed by atoms with E-state index < -0.39 is 0 Å². The number of hydrogen-bond acceptors (Lipinski definition) is 1. The molecule has 0 aliphatic heterocycles. The third-order valence-electron chi connectivity index (χ3n) is 1.68. The highest BCUT2D eigenvalue weighted by Crippen LogP contribution is 1.97. The maximum atomic E-state index is 11.0. The molecule has 12 heavy (non-hydrogen) atoms. The Hall–Kier alpha value is -0.790. The van der Waals surface area contributed by atoms with Crippen LogP contribution in [-0.2, 0) is 4.79 Å². The Kier molecular flexibility index (Phi) is 7.76. The summed E-state index contributed by atoms with van der Waals surface area (Å²) in [6.07, 6.45) is 6.67. The maximum Gasteiger partial charge on any atom is 0.220 e. The predicted molar refractivity (Wildman–Crippen MR) is 52.0 cm³/mol. The van der Waals surface area contributed by atoms with Gasteiger partial charge in [0.1, 0.15) is 0 Å². The molecule has 2 nitrogen and oxygen atoms in total. The van der Waals surface area contributed by atoms with Crippen molar-refractivity contribution in [2.45, 2.75) is 39.0 Å². The van der Waals surface area contributed by atoms with Gasteiger partial charge in [-0.25, -0.2) is 0 Å². The number of carbonyl (C=O) groups is 1. The number of rotatable bonds is 7. The summed E-state index contributed by atoms with van der Waals surface area (Å²) in [5.41, 5.74) is 0. The third-order valence-corrected chi connectivity index (χ3v) is 1.68. The number of unbranched alkanes of at least 4 members (excludes halogenated alkanes) is 2. The lowest BCUT2D eigenvalue weighted by Gasteiger charge is -2.01. The molecule has 0 aromatic carbocycles. The molecule has 0 aromatic heterocycles. The molecule has 2 heteroatoms. The first-order valence-corrected chi connectivity index (χ1v) is 4.68. The summed E-state index contributed by atoms with van der Waals surface area (Å²) < 4.78 is 0. The molecule has 0 aliphatic carbocycles. The van der Waals surface area contributed by atoms with Crippen LogP contribution in [0.3, 0.4) is 0 Å². The van der Waals surface area contributed by atoms with E-state index >= 15 is 0 Å². The van der Waals surface area contributed by atoms with Gasteiger partial charge in [0.2, 0.25) is 5.91 Å². The SMILES string of the molecule is C=CCCNC(=O)CCCCC. The van der Waals surface area contributed by atoms with Gasteiger partial charge in [-0.3, -0.25) is 4.79 Å². The molecule has 0 aliphatic rings. The summed E-state index contributed by atoms with van der Waals surface area (Å²) in [4.78, 5) is 11.0. The van der Waals surface area contributed by atoms with Gasteiger partial charge in [0.05, 0.1) is 0 Å². The standard InChI is InChI=1S/C10H19NO/c1-3-5-7-8-10(12)11-9-6-4-2/h4H,2-3,5-9H2,1H3,(H,11,12). The fourth-order valence-corrected chi connectivity index (χ4v) is 0.938. The van der Waals surface area contributed by atoms with Crippen molar-refractivity contribution in [2.24, 2.45) is 0 Å². The first-order valence-electron chi connectivity index (χ1n) is 4.68. The minimum absolute atomic E-state index is 0.172. The van der Waals surface area contributed by atoms with E-state index in [1.807, 2.05) is 6.08 Å². The molecule has 0 spiro atoms. The molecule has 0 radical (unpaired) electrons. The molecule has 0 rings (SSSR count). The van der Waals surface area contributed by atoms with Crippen LogP contribution in [0.4, 0.5) is 0 Å². The summed E-state index contributed by atoms with van der Waals surface area (Å²) >= 11 is 0. The molecule has 0 atom stereocenters. The highest BCUT2D eigenvalue weighted by molar-refractivity contribution is 5.75. The first-order chi connectivity index (χ1) is 5.81. The van der Waals surface area contributed by atoms with Crippen LogP contribution in [0, 0.1) is 0 Å². The van der Waals surface area contributed by atoms with Crippen LogP contribution in [0.2, 0.25) is 0 Å². The van der Waals surface area contributed by atoms with Gasteiger partial charge in [-0.1, -0.05) is 25.8 Å². The highest BCUT2D eigenvalue weighted by Gasteiger charge is 1.97. The molecular formula is C10H19NO. The molecule has 0 saturated heterocycles. The second kappa shape index (κ2) is 8.31.